The van der Waals surface area contributed by atoms with Crippen LogP contribution in [-0.4, -0.2) is 34.7 Å². The average Bonchev–Trinajstić information content (AvgIpc) is 3.37. The van der Waals surface area contributed by atoms with Crippen molar-refractivity contribution in [2.24, 2.45) is 0 Å². The van der Waals surface area contributed by atoms with Gasteiger partial charge in [-0.3, -0.25) is 0 Å². The zero-order chi connectivity index (χ0) is 21.3. The molecule has 0 spiro atoms. The first-order valence-corrected chi connectivity index (χ1v) is 9.47. The molecular formula is C21H20F2N4O3. The Morgan fingerprint density at radius 3 is 2.87 bits per heavy atom. The van der Waals surface area contributed by atoms with Gasteiger partial charge in [0, 0.05) is 12.6 Å². The van der Waals surface area contributed by atoms with Crippen molar-refractivity contribution in [2.75, 3.05) is 19.0 Å². The molecule has 1 N–H and O–H groups in total. The van der Waals surface area contributed by atoms with Crippen LogP contribution in [0.25, 0.3) is 11.4 Å². The maximum Gasteiger partial charge on any atom is 0.322 e. The fourth-order valence-corrected chi connectivity index (χ4v) is 3.52. The Morgan fingerprint density at radius 2 is 2.10 bits per heavy atom. The highest BCUT2D eigenvalue weighted by molar-refractivity contribution is 5.91. The molecule has 2 heterocycles. The van der Waals surface area contributed by atoms with E-state index in [0.717, 1.165) is 24.1 Å². The second-order valence-corrected chi connectivity index (χ2v) is 7.07. The maximum absolute atomic E-state index is 14.0. The fraction of sp³-hybridized carbons (Fsp3) is 0.286. The standard InChI is InChI=1S/C21H20F2N4O3/c1-12-5-8-18(29-2)16(10-12)24-21(28)27-9-3-4-17(27)20-25-19(26-30-20)14-7-6-13(22)11-15(14)23/h5-8,10-11,17H,3-4,9H2,1-2H3,(H,24,28). The number of ether oxygens (including phenoxy) is 1. The van der Waals surface area contributed by atoms with Gasteiger partial charge in [0.15, 0.2) is 0 Å². The van der Waals surface area contributed by atoms with Crippen LogP contribution >= 0.6 is 0 Å². The number of methoxy groups -OCH3 is 1. The molecule has 30 heavy (non-hydrogen) atoms. The third-order valence-electron chi connectivity index (χ3n) is 5.01. The molecule has 1 aliphatic rings. The Labute approximate surface area is 171 Å². The lowest BCUT2D eigenvalue weighted by Crippen LogP contribution is -2.34. The summed E-state index contributed by atoms with van der Waals surface area (Å²) in [6, 6.07) is 7.87. The van der Waals surface area contributed by atoms with Crippen molar-refractivity contribution in [2.45, 2.75) is 25.8 Å². The molecule has 0 bridgehead atoms. The fourth-order valence-electron chi connectivity index (χ4n) is 3.52. The molecule has 9 heteroatoms. The number of halogens is 2. The minimum absolute atomic E-state index is 0.00936. The number of likely N-dealkylation sites (tertiary alicyclic amines) is 1. The Kier molecular flexibility index (Phi) is 5.35. The van der Waals surface area contributed by atoms with Gasteiger partial charge in [-0.15, -0.1) is 0 Å². The molecule has 0 saturated carbocycles. The Bertz CT molecular complexity index is 1090. The average molecular weight is 414 g/mol. The lowest BCUT2D eigenvalue weighted by molar-refractivity contribution is 0.193. The predicted octanol–water partition coefficient (Wildman–Crippen LogP) is 4.70. The Morgan fingerprint density at radius 1 is 1.27 bits per heavy atom. The van der Waals surface area contributed by atoms with Crippen LogP contribution in [0.3, 0.4) is 0 Å². The van der Waals surface area contributed by atoms with Gasteiger partial charge in [0.1, 0.15) is 23.4 Å². The molecule has 3 aromatic rings. The van der Waals surface area contributed by atoms with E-state index in [0.29, 0.717) is 24.4 Å². The van der Waals surface area contributed by atoms with Gasteiger partial charge in [-0.05, 0) is 49.6 Å². The second kappa shape index (κ2) is 8.10. The number of urea groups is 1. The molecule has 1 aromatic heterocycles. The van der Waals surface area contributed by atoms with E-state index in [9.17, 15) is 13.6 Å². The molecule has 1 unspecified atom stereocenters. The first-order valence-electron chi connectivity index (χ1n) is 9.47. The van der Waals surface area contributed by atoms with Gasteiger partial charge in [0.25, 0.3) is 0 Å². The summed E-state index contributed by atoms with van der Waals surface area (Å²) in [5.74, 6) is -0.704. The number of carbonyl (C=O) groups excluding carboxylic acids is 1. The number of anilines is 1. The molecular weight excluding hydrogens is 394 g/mol. The van der Waals surface area contributed by atoms with Crippen molar-refractivity contribution < 1.29 is 22.8 Å². The van der Waals surface area contributed by atoms with Gasteiger partial charge in [-0.25, -0.2) is 13.6 Å². The molecule has 4 rings (SSSR count). The van der Waals surface area contributed by atoms with E-state index in [-0.39, 0.29) is 23.3 Å². The lowest BCUT2D eigenvalue weighted by Gasteiger charge is -2.23. The quantitative estimate of drug-likeness (QED) is 0.669. The summed E-state index contributed by atoms with van der Waals surface area (Å²) in [6.45, 7) is 2.43. The number of nitrogens with zero attached hydrogens (tertiary/aromatic N) is 3. The normalized spacial score (nSPS) is 16.0. The van der Waals surface area contributed by atoms with Crippen LogP contribution in [-0.2, 0) is 0 Å². The molecule has 7 nitrogen and oxygen atoms in total. The zero-order valence-corrected chi connectivity index (χ0v) is 16.5. The number of aryl methyl sites for hydroxylation is 1. The van der Waals surface area contributed by atoms with Gasteiger partial charge in [0.05, 0.1) is 18.4 Å². The van der Waals surface area contributed by atoms with E-state index in [1.807, 2.05) is 19.1 Å². The molecule has 1 fully saturated rings. The number of aromatic nitrogens is 2. The van der Waals surface area contributed by atoms with Crippen molar-refractivity contribution >= 4 is 11.7 Å². The van der Waals surface area contributed by atoms with Crippen LogP contribution in [0.2, 0.25) is 0 Å². The van der Waals surface area contributed by atoms with Crippen molar-refractivity contribution in [3.8, 4) is 17.1 Å². The lowest BCUT2D eigenvalue weighted by atomic mass is 10.2. The Hall–Kier alpha value is -3.49. The van der Waals surface area contributed by atoms with Crippen molar-refractivity contribution in [3.05, 3.63) is 59.5 Å². The van der Waals surface area contributed by atoms with Gasteiger partial charge in [-0.2, -0.15) is 4.98 Å². The first kappa shape index (κ1) is 19.8. The number of carbonyl (C=O) groups is 1. The van der Waals surface area contributed by atoms with Gasteiger partial charge in [-0.1, -0.05) is 11.2 Å². The highest BCUT2D eigenvalue weighted by atomic mass is 19.1. The molecule has 2 amide bonds. The second-order valence-electron chi connectivity index (χ2n) is 7.07. The highest BCUT2D eigenvalue weighted by Gasteiger charge is 2.34. The van der Waals surface area contributed by atoms with Gasteiger partial charge in [0.2, 0.25) is 11.7 Å². The summed E-state index contributed by atoms with van der Waals surface area (Å²) >= 11 is 0. The van der Waals surface area contributed by atoms with E-state index in [4.69, 9.17) is 9.26 Å². The van der Waals surface area contributed by atoms with E-state index in [1.165, 1.54) is 13.2 Å². The number of hydrogen-bond acceptors (Lipinski definition) is 5. The summed E-state index contributed by atoms with van der Waals surface area (Å²) in [6.07, 6.45) is 1.39. The van der Waals surface area contributed by atoms with Crippen LogP contribution in [0.4, 0.5) is 19.3 Å². The van der Waals surface area contributed by atoms with E-state index >= 15 is 0 Å². The number of nitrogens with one attached hydrogen (secondary N) is 1. The van der Waals surface area contributed by atoms with Crippen molar-refractivity contribution in [1.82, 2.24) is 15.0 Å². The van der Waals surface area contributed by atoms with Crippen LogP contribution in [0.15, 0.2) is 40.9 Å². The number of rotatable bonds is 4. The summed E-state index contributed by atoms with van der Waals surface area (Å²) in [4.78, 5) is 18.8. The molecule has 2 aromatic carbocycles. The minimum atomic E-state index is -0.782. The summed E-state index contributed by atoms with van der Waals surface area (Å²) in [7, 11) is 1.54. The third kappa shape index (κ3) is 3.83. The first-order chi connectivity index (χ1) is 14.5. The van der Waals surface area contributed by atoms with Crippen LogP contribution < -0.4 is 10.1 Å². The summed E-state index contributed by atoms with van der Waals surface area (Å²) in [5, 5.41) is 6.68. The SMILES string of the molecule is COc1ccc(C)cc1NC(=O)N1CCCC1c1nc(-c2ccc(F)cc2F)no1. The van der Waals surface area contributed by atoms with Crippen LogP contribution in [0.5, 0.6) is 5.75 Å². The molecule has 1 saturated heterocycles. The Balaban J connectivity index is 1.55. The van der Waals surface area contributed by atoms with E-state index < -0.39 is 17.7 Å². The molecule has 0 radical (unpaired) electrons. The largest absolute Gasteiger partial charge is 0.495 e. The topological polar surface area (TPSA) is 80.5 Å². The van der Waals surface area contributed by atoms with Gasteiger partial charge < -0.3 is 19.5 Å². The van der Waals surface area contributed by atoms with E-state index in [1.54, 1.807) is 11.0 Å². The predicted molar refractivity (Wildman–Crippen MR) is 105 cm³/mol. The molecule has 1 atom stereocenters. The third-order valence-corrected chi connectivity index (χ3v) is 5.01. The molecule has 0 aliphatic carbocycles. The van der Waals surface area contributed by atoms with E-state index in [2.05, 4.69) is 15.5 Å². The number of benzene rings is 2. The zero-order valence-electron chi connectivity index (χ0n) is 16.5. The van der Waals surface area contributed by atoms with Crippen LogP contribution in [0.1, 0.15) is 30.3 Å². The highest BCUT2D eigenvalue weighted by Crippen LogP contribution is 2.34. The summed E-state index contributed by atoms with van der Waals surface area (Å²) < 4.78 is 37.8. The van der Waals surface area contributed by atoms with Crippen molar-refractivity contribution in [1.29, 1.82) is 0 Å². The maximum atomic E-state index is 14.0. The smallest absolute Gasteiger partial charge is 0.322 e. The van der Waals surface area contributed by atoms with Gasteiger partial charge >= 0.3 is 6.03 Å². The van der Waals surface area contributed by atoms with Crippen LogP contribution in [0, 0.1) is 18.6 Å². The molecule has 1 aliphatic heterocycles. The molecule has 156 valence electrons. The number of amides is 2. The summed E-state index contributed by atoms with van der Waals surface area (Å²) in [5.41, 5.74) is 1.57. The monoisotopic (exact) mass is 414 g/mol. The number of hydrogen-bond donors (Lipinski definition) is 1. The van der Waals surface area contributed by atoms with Crippen molar-refractivity contribution in [3.63, 3.8) is 0 Å². The minimum Gasteiger partial charge on any atom is -0.495 e.